The molecule has 4 fully saturated rings. The second-order valence-corrected chi connectivity index (χ2v) is 11.4. The highest BCUT2D eigenvalue weighted by Gasteiger charge is 2.49. The molecule has 0 amide bonds. The number of piperidine rings is 1. The number of rotatable bonds is 2. The molecule has 4 aliphatic heterocycles. The molecule has 0 saturated carbocycles. The zero-order chi connectivity index (χ0) is 18.7. The Kier molecular flexibility index (Phi) is 4.95. The van der Waals surface area contributed by atoms with Crippen LogP contribution in [0.1, 0.15) is 67.2 Å². The molecule has 26 heavy (non-hydrogen) atoms. The molecule has 0 radical (unpaired) electrons. The lowest BCUT2D eigenvalue weighted by atomic mass is 9.89. The fourth-order valence-electron chi connectivity index (χ4n) is 6.03. The summed E-state index contributed by atoms with van der Waals surface area (Å²) in [5.74, 6) is 0. The van der Waals surface area contributed by atoms with Gasteiger partial charge in [0.25, 0.3) is 0 Å². The van der Waals surface area contributed by atoms with Gasteiger partial charge in [-0.2, -0.15) is 0 Å². The number of nitrogens with zero attached hydrogens (tertiary/aromatic N) is 4. The van der Waals surface area contributed by atoms with Crippen LogP contribution in [-0.4, -0.2) is 94.1 Å². The van der Waals surface area contributed by atoms with Gasteiger partial charge in [-0.25, -0.2) is 0 Å². The van der Waals surface area contributed by atoms with Crippen molar-refractivity contribution in [2.24, 2.45) is 0 Å². The van der Waals surface area contributed by atoms with E-state index in [0.717, 1.165) is 24.2 Å². The number of likely N-dealkylation sites (tertiary alicyclic amines) is 1. The summed E-state index contributed by atoms with van der Waals surface area (Å²) < 4.78 is 0. The summed E-state index contributed by atoms with van der Waals surface area (Å²) in [5, 5.41) is 0. The van der Waals surface area contributed by atoms with E-state index in [2.05, 4.69) is 61.1 Å². The topological polar surface area (TPSA) is 13.0 Å². The van der Waals surface area contributed by atoms with Gasteiger partial charge in [-0.05, 0) is 67.2 Å². The van der Waals surface area contributed by atoms with Crippen molar-refractivity contribution in [2.75, 3.05) is 39.3 Å². The molecule has 0 aromatic rings. The molecule has 0 N–H and O–H groups in total. The lowest BCUT2D eigenvalue weighted by Gasteiger charge is -2.56. The summed E-state index contributed by atoms with van der Waals surface area (Å²) in [6.07, 6.45) is 5.76. The lowest BCUT2D eigenvalue weighted by Crippen LogP contribution is -2.68. The molecule has 0 aromatic heterocycles. The molecule has 4 rings (SSSR count). The second-order valence-electron chi connectivity index (χ2n) is 11.4. The van der Waals surface area contributed by atoms with Gasteiger partial charge in [0.05, 0.1) is 0 Å². The van der Waals surface area contributed by atoms with E-state index in [1.54, 1.807) is 0 Å². The van der Waals surface area contributed by atoms with Crippen LogP contribution in [0.4, 0.5) is 0 Å². The van der Waals surface area contributed by atoms with Gasteiger partial charge < -0.3 is 0 Å². The van der Waals surface area contributed by atoms with Gasteiger partial charge in [0, 0.05) is 74.5 Å². The van der Waals surface area contributed by atoms with E-state index in [1.807, 2.05) is 0 Å². The summed E-state index contributed by atoms with van der Waals surface area (Å²) in [7, 11) is 0. The van der Waals surface area contributed by atoms with Crippen molar-refractivity contribution < 1.29 is 0 Å². The molecular formula is C22H42N4. The first-order valence-electron chi connectivity index (χ1n) is 11.1. The van der Waals surface area contributed by atoms with Crippen LogP contribution in [0, 0.1) is 0 Å². The maximum absolute atomic E-state index is 2.96. The predicted octanol–water partition coefficient (Wildman–Crippen LogP) is 2.88. The number of hydrogen-bond acceptors (Lipinski definition) is 4. The quantitative estimate of drug-likeness (QED) is 0.749. The normalized spacial score (nSPS) is 36.5. The van der Waals surface area contributed by atoms with E-state index < -0.39 is 0 Å². The van der Waals surface area contributed by atoms with Crippen LogP contribution in [0.3, 0.4) is 0 Å². The van der Waals surface area contributed by atoms with E-state index in [1.165, 1.54) is 65.0 Å². The van der Waals surface area contributed by atoms with E-state index in [-0.39, 0.29) is 0 Å². The number of piperazine rings is 1. The summed E-state index contributed by atoms with van der Waals surface area (Å²) >= 11 is 0. The van der Waals surface area contributed by atoms with Crippen LogP contribution < -0.4 is 0 Å². The van der Waals surface area contributed by atoms with E-state index in [0.29, 0.717) is 11.1 Å². The van der Waals surface area contributed by atoms with Crippen LogP contribution >= 0.6 is 0 Å². The first-order valence-corrected chi connectivity index (χ1v) is 11.1. The molecule has 2 atom stereocenters. The third-order valence-electron chi connectivity index (χ3n) is 7.78. The van der Waals surface area contributed by atoms with Crippen molar-refractivity contribution in [1.82, 2.24) is 19.6 Å². The summed E-state index contributed by atoms with van der Waals surface area (Å²) in [4.78, 5) is 11.1. The predicted molar refractivity (Wildman–Crippen MR) is 110 cm³/mol. The van der Waals surface area contributed by atoms with Crippen LogP contribution in [0.25, 0.3) is 0 Å². The molecule has 0 spiro atoms. The lowest BCUT2D eigenvalue weighted by molar-refractivity contribution is -0.0686. The largest absolute Gasteiger partial charge is 0.298 e. The summed E-state index contributed by atoms with van der Waals surface area (Å²) in [6.45, 7) is 21.8. The van der Waals surface area contributed by atoms with Crippen molar-refractivity contribution in [3.05, 3.63) is 0 Å². The Hall–Kier alpha value is -0.160. The molecular weight excluding hydrogens is 320 g/mol. The maximum atomic E-state index is 2.96. The highest BCUT2D eigenvalue weighted by molar-refractivity contribution is 5.05. The minimum absolute atomic E-state index is 0.331. The summed E-state index contributed by atoms with van der Waals surface area (Å²) in [6, 6.07) is 3.42. The molecule has 150 valence electrons. The van der Waals surface area contributed by atoms with Gasteiger partial charge in [-0.15, -0.1) is 0 Å². The molecule has 4 aliphatic rings. The molecule has 2 bridgehead atoms. The molecule has 4 heterocycles. The molecule has 4 heteroatoms. The third-order valence-corrected chi connectivity index (χ3v) is 7.78. The minimum Gasteiger partial charge on any atom is -0.298 e. The van der Waals surface area contributed by atoms with Gasteiger partial charge >= 0.3 is 0 Å². The van der Waals surface area contributed by atoms with Gasteiger partial charge in [-0.1, -0.05) is 0 Å². The third kappa shape index (κ3) is 3.59. The number of fused-ring (bicyclic) bond motifs is 2. The Morgan fingerprint density at radius 2 is 1.08 bits per heavy atom. The zero-order valence-electron chi connectivity index (χ0n) is 18.2. The van der Waals surface area contributed by atoms with Crippen LogP contribution in [0.2, 0.25) is 0 Å². The average Bonchev–Trinajstić information content (AvgIpc) is 2.75. The van der Waals surface area contributed by atoms with Crippen molar-refractivity contribution in [3.63, 3.8) is 0 Å². The van der Waals surface area contributed by atoms with Crippen molar-refractivity contribution in [3.8, 4) is 0 Å². The van der Waals surface area contributed by atoms with Crippen LogP contribution in [-0.2, 0) is 0 Å². The van der Waals surface area contributed by atoms with Gasteiger partial charge in [0.1, 0.15) is 0 Å². The maximum Gasteiger partial charge on any atom is 0.0356 e. The Morgan fingerprint density at radius 1 is 0.577 bits per heavy atom. The zero-order valence-corrected chi connectivity index (χ0v) is 18.2. The van der Waals surface area contributed by atoms with Gasteiger partial charge in [0.2, 0.25) is 0 Å². The summed E-state index contributed by atoms with van der Waals surface area (Å²) in [5.41, 5.74) is 0.679. The highest BCUT2D eigenvalue weighted by Crippen LogP contribution is 2.41. The van der Waals surface area contributed by atoms with Gasteiger partial charge in [-0.3, -0.25) is 19.6 Å². The minimum atomic E-state index is 0.331. The monoisotopic (exact) mass is 362 g/mol. The van der Waals surface area contributed by atoms with E-state index in [4.69, 9.17) is 0 Å². The molecule has 0 aliphatic carbocycles. The van der Waals surface area contributed by atoms with E-state index in [9.17, 15) is 0 Å². The van der Waals surface area contributed by atoms with Crippen LogP contribution in [0.15, 0.2) is 0 Å². The van der Waals surface area contributed by atoms with Crippen molar-refractivity contribution >= 4 is 0 Å². The van der Waals surface area contributed by atoms with Crippen molar-refractivity contribution in [1.29, 1.82) is 0 Å². The first-order chi connectivity index (χ1) is 12.1. The standard InChI is InChI=1S/C22H42N4/c1-21(2,3)24-11-9-23(10-12-24)19-13-17-7-8-18(14-19)26(17)20-15-25(16-20)22(4,5)6/h17-20H,7-16H2,1-6H3. The van der Waals surface area contributed by atoms with Crippen LogP contribution in [0.5, 0.6) is 0 Å². The number of hydrogen-bond donors (Lipinski definition) is 0. The molecule has 2 unspecified atom stereocenters. The average molecular weight is 363 g/mol. The molecule has 4 saturated heterocycles. The fourth-order valence-corrected chi connectivity index (χ4v) is 6.03. The molecule has 4 nitrogen and oxygen atoms in total. The van der Waals surface area contributed by atoms with E-state index >= 15 is 0 Å². The second kappa shape index (κ2) is 6.72. The Labute approximate surface area is 161 Å². The Balaban J connectivity index is 1.31. The van der Waals surface area contributed by atoms with Gasteiger partial charge in [0.15, 0.2) is 0 Å². The molecule has 0 aromatic carbocycles. The SMILES string of the molecule is CC(C)(C)N1CCN(C2CC3CCC(C2)N3C2CN(C(C)(C)C)C2)CC1. The fraction of sp³-hybridized carbons (Fsp3) is 1.00. The van der Waals surface area contributed by atoms with Crippen molar-refractivity contribution in [2.45, 2.75) is 102 Å². The smallest absolute Gasteiger partial charge is 0.0356 e. The Bertz CT molecular complexity index is 477. The highest BCUT2D eigenvalue weighted by atomic mass is 15.4. The first kappa shape index (κ1) is 19.2. The Morgan fingerprint density at radius 3 is 1.54 bits per heavy atom.